The predicted molar refractivity (Wildman–Crippen MR) is 99.4 cm³/mol. The monoisotopic (exact) mass is 363 g/mol. The summed E-state index contributed by atoms with van der Waals surface area (Å²) in [6.45, 7) is 0.279. The molecule has 5 heteroatoms. The molecule has 0 aliphatic heterocycles. The number of rotatable bonds is 4. The molecule has 4 aliphatic rings. The predicted octanol–water partition coefficient (Wildman–Crippen LogP) is 3.78. The molecule has 1 unspecified atom stereocenters. The molecule has 4 aliphatic carbocycles. The highest BCUT2D eigenvalue weighted by atomic mass is 16.5. The highest BCUT2D eigenvalue weighted by Gasteiger charge is 2.59. The molecule has 0 saturated heterocycles. The molecule has 0 heterocycles. The van der Waals surface area contributed by atoms with Crippen LogP contribution in [0.4, 0.5) is 4.79 Å². The molecule has 27 heavy (non-hydrogen) atoms. The molecule has 3 fully saturated rings. The largest absolute Gasteiger partial charge is 0.481 e. The van der Waals surface area contributed by atoms with Gasteiger partial charge in [0, 0.05) is 11.5 Å². The van der Waals surface area contributed by atoms with Crippen molar-refractivity contribution in [3.05, 3.63) is 59.7 Å². The Bertz CT molecular complexity index is 886. The van der Waals surface area contributed by atoms with Gasteiger partial charge in [0.05, 0.1) is 5.92 Å². The first-order valence-corrected chi connectivity index (χ1v) is 9.42. The van der Waals surface area contributed by atoms with E-state index in [-0.39, 0.29) is 29.9 Å². The van der Waals surface area contributed by atoms with Gasteiger partial charge in [-0.1, -0.05) is 48.5 Å². The Kier molecular flexibility index (Phi) is 3.54. The minimum Gasteiger partial charge on any atom is -0.481 e. The molecule has 138 valence electrons. The number of ether oxygens (including phenoxy) is 1. The Morgan fingerprint density at radius 2 is 1.59 bits per heavy atom. The number of benzene rings is 2. The van der Waals surface area contributed by atoms with Crippen LogP contribution in [0.15, 0.2) is 48.5 Å². The summed E-state index contributed by atoms with van der Waals surface area (Å²) in [5.74, 6) is -0.867. The molecule has 1 amide bonds. The van der Waals surface area contributed by atoms with Gasteiger partial charge in [0.2, 0.25) is 0 Å². The van der Waals surface area contributed by atoms with Crippen LogP contribution in [0, 0.1) is 11.8 Å². The fourth-order valence-corrected chi connectivity index (χ4v) is 5.28. The molecular weight excluding hydrogens is 342 g/mol. The standard InChI is InChI=1S/C22H21NO4/c24-20(25)18-11-22(9-13(18)10-22)23-21(26)27-12-19-16-7-3-1-5-14(16)15-6-2-4-8-17(15)19/h1-8,13,18-19H,9-12H2,(H,23,26)(H,24,25). The van der Waals surface area contributed by atoms with E-state index in [1.807, 2.05) is 24.3 Å². The van der Waals surface area contributed by atoms with Gasteiger partial charge in [-0.15, -0.1) is 0 Å². The number of carbonyl (C=O) groups is 2. The second kappa shape index (κ2) is 5.84. The smallest absolute Gasteiger partial charge is 0.407 e. The molecular formula is C22H21NO4. The molecule has 2 aromatic carbocycles. The van der Waals surface area contributed by atoms with Gasteiger partial charge in [-0.25, -0.2) is 4.79 Å². The van der Waals surface area contributed by atoms with Gasteiger partial charge < -0.3 is 15.2 Å². The number of alkyl carbamates (subject to hydrolysis) is 1. The Hall–Kier alpha value is -2.82. The van der Waals surface area contributed by atoms with Gasteiger partial charge in [-0.3, -0.25) is 4.79 Å². The van der Waals surface area contributed by atoms with Gasteiger partial charge in [-0.2, -0.15) is 0 Å². The summed E-state index contributed by atoms with van der Waals surface area (Å²) in [5.41, 5.74) is 4.38. The maximum absolute atomic E-state index is 12.4. The van der Waals surface area contributed by atoms with E-state index in [1.54, 1.807) is 0 Å². The lowest BCUT2D eigenvalue weighted by atomic mass is 9.76. The lowest BCUT2D eigenvalue weighted by molar-refractivity contribution is -0.142. The summed E-state index contributed by atoms with van der Waals surface area (Å²) in [6.07, 6.45) is 1.56. The first-order valence-electron chi connectivity index (χ1n) is 9.42. The van der Waals surface area contributed by atoms with Crippen molar-refractivity contribution in [2.45, 2.75) is 30.7 Å². The zero-order chi connectivity index (χ0) is 18.6. The number of fused-ring (bicyclic) bond motifs is 4. The first kappa shape index (κ1) is 16.4. The fraction of sp³-hybridized carbons (Fsp3) is 0.364. The SMILES string of the molecule is O=C(NC12CC(C1)C(C(=O)O)C2)OCC1c2ccccc2-c2ccccc21. The van der Waals surface area contributed by atoms with Crippen LogP contribution in [-0.2, 0) is 9.53 Å². The van der Waals surface area contributed by atoms with Gasteiger partial charge >= 0.3 is 12.1 Å². The average molecular weight is 363 g/mol. The summed E-state index contributed by atoms with van der Waals surface area (Å²) in [7, 11) is 0. The van der Waals surface area contributed by atoms with Gasteiger partial charge in [0.1, 0.15) is 6.61 Å². The van der Waals surface area contributed by atoms with Gasteiger partial charge in [-0.05, 0) is 47.4 Å². The number of hydrogen-bond donors (Lipinski definition) is 2. The molecule has 2 bridgehead atoms. The van der Waals surface area contributed by atoms with Crippen LogP contribution in [0.3, 0.4) is 0 Å². The van der Waals surface area contributed by atoms with Crippen LogP contribution in [0.2, 0.25) is 0 Å². The van der Waals surface area contributed by atoms with Crippen molar-refractivity contribution in [1.29, 1.82) is 0 Å². The second-order valence-electron chi connectivity index (χ2n) is 8.05. The summed E-state index contributed by atoms with van der Waals surface area (Å²) in [6, 6.07) is 16.5. The molecule has 0 spiro atoms. The van der Waals surface area contributed by atoms with Gasteiger partial charge in [0.25, 0.3) is 0 Å². The maximum atomic E-state index is 12.4. The van der Waals surface area contributed by atoms with E-state index in [2.05, 4.69) is 29.6 Å². The van der Waals surface area contributed by atoms with Crippen LogP contribution in [-0.4, -0.2) is 29.3 Å². The van der Waals surface area contributed by atoms with E-state index in [9.17, 15) is 14.7 Å². The molecule has 0 aromatic heterocycles. The topological polar surface area (TPSA) is 75.6 Å². The average Bonchev–Trinajstić information content (AvgIpc) is 3.28. The third kappa shape index (κ3) is 2.52. The lowest BCUT2D eigenvalue weighted by Gasteiger charge is -2.38. The fourth-order valence-electron chi connectivity index (χ4n) is 5.28. The number of amides is 1. The van der Waals surface area contributed by atoms with E-state index in [0.717, 1.165) is 12.8 Å². The zero-order valence-electron chi connectivity index (χ0n) is 14.9. The summed E-state index contributed by atoms with van der Waals surface area (Å²) < 4.78 is 5.59. The van der Waals surface area contributed by atoms with Crippen LogP contribution >= 0.6 is 0 Å². The van der Waals surface area contributed by atoms with Crippen molar-refractivity contribution in [3.8, 4) is 11.1 Å². The van der Waals surface area contributed by atoms with Crippen molar-refractivity contribution in [3.63, 3.8) is 0 Å². The number of carbonyl (C=O) groups excluding carboxylic acids is 1. The van der Waals surface area contributed by atoms with Crippen molar-refractivity contribution in [1.82, 2.24) is 5.32 Å². The normalized spacial score (nSPS) is 27.4. The summed E-state index contributed by atoms with van der Waals surface area (Å²) in [5, 5.41) is 12.2. The van der Waals surface area contributed by atoms with Gasteiger partial charge in [0.15, 0.2) is 0 Å². The first-order chi connectivity index (χ1) is 13.1. The molecule has 2 N–H and O–H groups in total. The van der Waals surface area contributed by atoms with Crippen molar-refractivity contribution >= 4 is 12.1 Å². The quantitative estimate of drug-likeness (QED) is 0.867. The van der Waals surface area contributed by atoms with Crippen LogP contribution < -0.4 is 5.32 Å². The number of nitrogens with one attached hydrogen (secondary N) is 1. The minimum atomic E-state index is -0.756. The second-order valence-corrected chi connectivity index (χ2v) is 8.05. The van der Waals surface area contributed by atoms with E-state index >= 15 is 0 Å². The summed E-state index contributed by atoms with van der Waals surface area (Å²) >= 11 is 0. The van der Waals surface area contributed by atoms with E-state index in [0.29, 0.717) is 6.42 Å². The minimum absolute atomic E-state index is 0.0325. The van der Waals surface area contributed by atoms with Crippen molar-refractivity contribution in [2.24, 2.45) is 11.8 Å². The molecule has 2 aromatic rings. The van der Waals surface area contributed by atoms with Crippen LogP contribution in [0.5, 0.6) is 0 Å². The van der Waals surface area contributed by atoms with E-state index in [1.165, 1.54) is 22.3 Å². The Labute approximate surface area is 157 Å². The van der Waals surface area contributed by atoms with E-state index < -0.39 is 12.1 Å². The third-order valence-corrected chi connectivity index (χ3v) is 6.51. The maximum Gasteiger partial charge on any atom is 0.407 e. The van der Waals surface area contributed by atoms with Crippen LogP contribution in [0.25, 0.3) is 11.1 Å². The number of hydrogen-bond acceptors (Lipinski definition) is 3. The molecule has 0 radical (unpaired) electrons. The summed E-state index contributed by atoms with van der Waals surface area (Å²) in [4.78, 5) is 23.7. The van der Waals surface area contributed by atoms with E-state index in [4.69, 9.17) is 4.74 Å². The molecule has 1 atom stereocenters. The Morgan fingerprint density at radius 1 is 1.00 bits per heavy atom. The number of carboxylic acids is 1. The third-order valence-electron chi connectivity index (χ3n) is 6.51. The van der Waals surface area contributed by atoms with Crippen molar-refractivity contribution in [2.75, 3.05) is 6.61 Å². The number of carboxylic acid groups (broad SMARTS) is 1. The highest BCUT2D eigenvalue weighted by molar-refractivity contribution is 5.79. The molecule has 5 nitrogen and oxygen atoms in total. The lowest BCUT2D eigenvalue weighted by Crippen LogP contribution is -2.52. The van der Waals surface area contributed by atoms with Crippen molar-refractivity contribution < 1.29 is 19.4 Å². The zero-order valence-corrected chi connectivity index (χ0v) is 14.9. The van der Waals surface area contributed by atoms with Crippen LogP contribution in [0.1, 0.15) is 36.3 Å². The molecule has 3 saturated carbocycles. The number of aliphatic carboxylic acids is 1. The highest BCUT2D eigenvalue weighted by Crippen LogP contribution is 2.55. The molecule has 6 rings (SSSR count). The Morgan fingerprint density at radius 3 is 2.15 bits per heavy atom. The Balaban J connectivity index is 1.27.